The maximum absolute atomic E-state index is 5.69. The van der Waals surface area contributed by atoms with Gasteiger partial charge in [-0.2, -0.15) is 0 Å². The Kier molecular flexibility index (Phi) is 5.49. The summed E-state index contributed by atoms with van der Waals surface area (Å²) in [6.07, 6.45) is 6.65. The summed E-state index contributed by atoms with van der Waals surface area (Å²) in [7, 11) is 1.64. The summed E-state index contributed by atoms with van der Waals surface area (Å²) in [5.74, 6) is 3.01. The summed E-state index contributed by atoms with van der Waals surface area (Å²) >= 11 is 0. The summed E-state index contributed by atoms with van der Waals surface area (Å²) in [5, 5.41) is 0. The Bertz CT molecular complexity index is 1070. The number of rotatable bonds is 5. The Morgan fingerprint density at radius 2 is 1.94 bits per heavy atom. The van der Waals surface area contributed by atoms with Crippen molar-refractivity contribution in [3.05, 3.63) is 49.3 Å². The van der Waals surface area contributed by atoms with E-state index in [0.29, 0.717) is 30.9 Å². The molecule has 5 rings (SSSR count). The van der Waals surface area contributed by atoms with Crippen LogP contribution in [-0.4, -0.2) is 48.4 Å². The molecule has 0 amide bonds. The minimum Gasteiger partial charge on any atom is -0.486 e. The number of hydrogen-bond acceptors (Lipinski definition) is 7. The number of pyridine rings is 3. The van der Waals surface area contributed by atoms with Crippen molar-refractivity contribution in [1.82, 2.24) is 15.0 Å². The van der Waals surface area contributed by atoms with Crippen LogP contribution in [-0.2, 0) is 6.42 Å². The highest BCUT2D eigenvalue weighted by Crippen LogP contribution is 2.34. The first-order valence-electron chi connectivity index (χ1n) is 10.8. The molecule has 1 fully saturated rings. The number of aromatic nitrogens is 3. The van der Waals surface area contributed by atoms with Crippen molar-refractivity contribution in [2.45, 2.75) is 19.3 Å². The SMILES string of the molecule is [CH2]C(Cc1cc2c(cn1)OCCO2)C1CCN(c2ccnc3ccc(OC)nc23)CC1. The lowest BCUT2D eigenvalue weighted by Gasteiger charge is -2.36. The van der Waals surface area contributed by atoms with Crippen LogP contribution in [0.2, 0.25) is 0 Å². The van der Waals surface area contributed by atoms with Gasteiger partial charge in [0.25, 0.3) is 0 Å². The van der Waals surface area contributed by atoms with Gasteiger partial charge in [0.2, 0.25) is 5.88 Å². The molecule has 1 radical (unpaired) electrons. The predicted octanol–water partition coefficient (Wildman–Crippen LogP) is 3.71. The van der Waals surface area contributed by atoms with E-state index in [0.717, 1.165) is 66.3 Å². The molecule has 0 aromatic carbocycles. The Hall–Kier alpha value is -3.09. The molecule has 31 heavy (non-hydrogen) atoms. The van der Waals surface area contributed by atoms with Gasteiger partial charge in [-0.25, -0.2) is 4.98 Å². The van der Waals surface area contributed by atoms with Gasteiger partial charge in [0, 0.05) is 37.1 Å². The standard InChI is InChI=1S/C24H27N4O3/c1-16(13-18-14-21-22(15-26-18)31-12-11-30-21)17-6-9-28(10-7-17)20-5-8-25-19-3-4-23(29-2)27-24(19)20/h3-5,8,14-17H,1,6-7,9-13H2,2H3. The van der Waals surface area contributed by atoms with E-state index in [9.17, 15) is 0 Å². The van der Waals surface area contributed by atoms with Crippen molar-refractivity contribution < 1.29 is 14.2 Å². The van der Waals surface area contributed by atoms with Gasteiger partial charge in [0.05, 0.1) is 24.5 Å². The van der Waals surface area contributed by atoms with Gasteiger partial charge < -0.3 is 19.1 Å². The lowest BCUT2D eigenvalue weighted by molar-refractivity contribution is 0.170. The number of hydrogen-bond donors (Lipinski definition) is 0. The summed E-state index contributed by atoms with van der Waals surface area (Å²) in [6, 6.07) is 7.87. The van der Waals surface area contributed by atoms with Gasteiger partial charge in [-0.1, -0.05) is 0 Å². The molecule has 7 nitrogen and oxygen atoms in total. The maximum Gasteiger partial charge on any atom is 0.213 e. The van der Waals surface area contributed by atoms with Crippen molar-refractivity contribution in [3.63, 3.8) is 0 Å². The van der Waals surface area contributed by atoms with Crippen LogP contribution in [0.3, 0.4) is 0 Å². The first-order valence-corrected chi connectivity index (χ1v) is 10.8. The molecule has 0 aliphatic carbocycles. The lowest BCUT2D eigenvalue weighted by atomic mass is 9.82. The van der Waals surface area contributed by atoms with Gasteiger partial charge >= 0.3 is 0 Å². The lowest BCUT2D eigenvalue weighted by Crippen LogP contribution is -2.36. The van der Waals surface area contributed by atoms with Gasteiger partial charge in [0.15, 0.2) is 11.5 Å². The predicted molar refractivity (Wildman–Crippen MR) is 119 cm³/mol. The first-order chi connectivity index (χ1) is 15.2. The second kappa shape index (κ2) is 8.57. The highest BCUT2D eigenvalue weighted by atomic mass is 16.6. The van der Waals surface area contributed by atoms with E-state index >= 15 is 0 Å². The van der Waals surface area contributed by atoms with E-state index in [-0.39, 0.29) is 0 Å². The average Bonchev–Trinajstić information content (AvgIpc) is 2.83. The molecule has 3 aromatic heterocycles. The van der Waals surface area contributed by atoms with Crippen LogP contribution in [0.5, 0.6) is 17.4 Å². The van der Waals surface area contributed by atoms with Crippen LogP contribution in [0.1, 0.15) is 18.5 Å². The molecule has 5 heterocycles. The van der Waals surface area contributed by atoms with Crippen molar-refractivity contribution in [2.75, 3.05) is 38.3 Å². The Labute approximate surface area is 182 Å². The average molecular weight is 420 g/mol. The van der Waals surface area contributed by atoms with Crippen LogP contribution >= 0.6 is 0 Å². The van der Waals surface area contributed by atoms with Crippen LogP contribution in [0, 0.1) is 18.8 Å². The van der Waals surface area contributed by atoms with E-state index in [1.54, 1.807) is 13.3 Å². The smallest absolute Gasteiger partial charge is 0.213 e. The van der Waals surface area contributed by atoms with E-state index in [1.807, 2.05) is 24.4 Å². The van der Waals surface area contributed by atoms with Crippen LogP contribution < -0.4 is 19.1 Å². The molecular formula is C24H27N4O3. The molecule has 2 aliphatic rings. The highest BCUT2D eigenvalue weighted by molar-refractivity contribution is 5.88. The van der Waals surface area contributed by atoms with Gasteiger partial charge in [-0.15, -0.1) is 0 Å². The molecule has 7 heteroatoms. The molecule has 3 aromatic rings. The summed E-state index contributed by atoms with van der Waals surface area (Å²) in [6.45, 7) is 7.59. The van der Waals surface area contributed by atoms with Crippen molar-refractivity contribution in [3.8, 4) is 17.4 Å². The normalized spacial score (nSPS) is 17.5. The third kappa shape index (κ3) is 4.09. The summed E-state index contributed by atoms with van der Waals surface area (Å²) in [4.78, 5) is 16.1. The largest absolute Gasteiger partial charge is 0.486 e. The number of nitrogens with zero attached hydrogens (tertiary/aromatic N) is 4. The molecule has 1 atom stereocenters. The summed E-state index contributed by atoms with van der Waals surface area (Å²) in [5.41, 5.74) is 3.92. The van der Waals surface area contributed by atoms with E-state index in [1.165, 1.54) is 0 Å². The van der Waals surface area contributed by atoms with Crippen LogP contribution in [0.4, 0.5) is 5.69 Å². The van der Waals surface area contributed by atoms with E-state index in [2.05, 4.69) is 32.8 Å². The van der Waals surface area contributed by atoms with E-state index < -0.39 is 0 Å². The zero-order chi connectivity index (χ0) is 21.2. The zero-order valence-corrected chi connectivity index (χ0v) is 17.8. The molecule has 161 valence electrons. The molecule has 0 bridgehead atoms. The zero-order valence-electron chi connectivity index (χ0n) is 17.8. The second-order valence-electron chi connectivity index (χ2n) is 8.16. The Balaban J connectivity index is 1.25. The minimum absolute atomic E-state index is 0.310. The number of ether oxygens (including phenoxy) is 3. The molecular weight excluding hydrogens is 392 g/mol. The van der Waals surface area contributed by atoms with Gasteiger partial charge in [-0.3, -0.25) is 9.97 Å². The van der Waals surface area contributed by atoms with Crippen molar-refractivity contribution in [1.29, 1.82) is 0 Å². The molecule has 0 saturated carbocycles. The minimum atomic E-state index is 0.310. The number of anilines is 1. The topological polar surface area (TPSA) is 69.6 Å². The third-order valence-corrected chi connectivity index (χ3v) is 6.25. The number of methoxy groups -OCH3 is 1. The second-order valence-corrected chi connectivity index (χ2v) is 8.16. The van der Waals surface area contributed by atoms with E-state index in [4.69, 9.17) is 14.2 Å². The quantitative estimate of drug-likeness (QED) is 0.624. The van der Waals surface area contributed by atoms with Gasteiger partial charge in [-0.05, 0) is 50.2 Å². The Morgan fingerprint density at radius 3 is 2.74 bits per heavy atom. The maximum atomic E-state index is 5.69. The number of fused-ring (bicyclic) bond motifs is 2. The van der Waals surface area contributed by atoms with Crippen LogP contribution in [0.25, 0.3) is 11.0 Å². The molecule has 0 spiro atoms. The van der Waals surface area contributed by atoms with Crippen LogP contribution in [0.15, 0.2) is 36.7 Å². The summed E-state index contributed by atoms with van der Waals surface area (Å²) < 4.78 is 16.6. The molecule has 0 N–H and O–H groups in total. The number of piperidine rings is 1. The fraction of sp³-hybridized carbons (Fsp3) is 0.417. The first kappa shape index (κ1) is 19.8. The fourth-order valence-corrected chi connectivity index (χ4v) is 4.51. The fourth-order valence-electron chi connectivity index (χ4n) is 4.51. The molecule has 1 unspecified atom stereocenters. The third-order valence-electron chi connectivity index (χ3n) is 6.25. The monoisotopic (exact) mass is 419 g/mol. The van der Waals surface area contributed by atoms with Crippen molar-refractivity contribution >= 4 is 16.7 Å². The molecule has 1 saturated heterocycles. The van der Waals surface area contributed by atoms with Gasteiger partial charge in [0.1, 0.15) is 18.7 Å². The van der Waals surface area contributed by atoms with Crippen molar-refractivity contribution in [2.24, 2.45) is 11.8 Å². The Morgan fingerprint density at radius 1 is 1.13 bits per heavy atom. The highest BCUT2D eigenvalue weighted by Gasteiger charge is 2.26. The molecule has 2 aliphatic heterocycles.